The molecule has 1 saturated heterocycles. The quantitative estimate of drug-likeness (QED) is 0.791. The standard InChI is InChI=1S/C25H36N2O3/c1-5-22(29)26-17-11-9-16(10-12-17)23(30)27-14-13-25(4)19-7-6-8-20(28)18(19)15-21(27)24(25,2)3/h6-8,16-17,21,28H,5,9-15H2,1-4H3,(H,26,29)/t16-,17+,21-,25+/m1/s1. The van der Waals surface area contributed by atoms with Crippen molar-refractivity contribution >= 4 is 11.8 Å². The van der Waals surface area contributed by atoms with Gasteiger partial charge in [-0.15, -0.1) is 0 Å². The molecule has 30 heavy (non-hydrogen) atoms. The second kappa shape index (κ2) is 7.58. The molecule has 0 aromatic heterocycles. The van der Waals surface area contributed by atoms with Gasteiger partial charge in [-0.3, -0.25) is 9.59 Å². The molecule has 2 atom stereocenters. The number of hydrogen-bond donors (Lipinski definition) is 2. The monoisotopic (exact) mass is 412 g/mol. The van der Waals surface area contributed by atoms with Gasteiger partial charge in [0, 0.05) is 36.4 Å². The van der Waals surface area contributed by atoms with Gasteiger partial charge >= 0.3 is 0 Å². The van der Waals surface area contributed by atoms with Gasteiger partial charge in [-0.25, -0.2) is 0 Å². The summed E-state index contributed by atoms with van der Waals surface area (Å²) in [4.78, 5) is 27.4. The second-order valence-electron chi connectivity index (χ2n) is 10.3. The van der Waals surface area contributed by atoms with E-state index in [0.29, 0.717) is 12.2 Å². The maximum Gasteiger partial charge on any atom is 0.225 e. The average Bonchev–Trinajstić information content (AvgIpc) is 2.71. The number of phenolic OH excluding ortho intramolecular Hbond substituents is 1. The highest BCUT2D eigenvalue weighted by Gasteiger charge is 2.57. The number of rotatable bonds is 3. The maximum atomic E-state index is 13.6. The lowest BCUT2D eigenvalue weighted by atomic mass is 9.51. The summed E-state index contributed by atoms with van der Waals surface area (Å²) in [6.07, 6.45) is 5.60. The highest BCUT2D eigenvalue weighted by atomic mass is 16.3. The highest BCUT2D eigenvalue weighted by Crippen LogP contribution is 2.57. The number of piperidine rings is 1. The van der Waals surface area contributed by atoms with Crippen molar-refractivity contribution in [3.8, 4) is 5.75 Å². The van der Waals surface area contributed by atoms with Gasteiger partial charge in [-0.2, -0.15) is 0 Å². The summed E-state index contributed by atoms with van der Waals surface area (Å²) in [5.41, 5.74) is 2.16. The van der Waals surface area contributed by atoms with E-state index in [1.165, 1.54) is 5.56 Å². The molecule has 164 valence electrons. The number of carbonyl (C=O) groups is 2. The van der Waals surface area contributed by atoms with E-state index < -0.39 is 0 Å². The first-order valence-corrected chi connectivity index (χ1v) is 11.6. The summed E-state index contributed by atoms with van der Waals surface area (Å²) in [6, 6.07) is 6.19. The van der Waals surface area contributed by atoms with Crippen LogP contribution in [0.2, 0.25) is 0 Å². The number of phenols is 1. The summed E-state index contributed by atoms with van der Waals surface area (Å²) in [5.74, 6) is 0.781. The summed E-state index contributed by atoms with van der Waals surface area (Å²) < 4.78 is 0. The number of nitrogens with zero attached hydrogens (tertiary/aromatic N) is 1. The number of likely N-dealkylation sites (tertiary alicyclic amines) is 1. The Morgan fingerprint density at radius 2 is 1.87 bits per heavy atom. The van der Waals surface area contributed by atoms with Crippen LogP contribution in [0.15, 0.2) is 18.2 Å². The first-order valence-electron chi connectivity index (χ1n) is 11.6. The van der Waals surface area contributed by atoms with Crippen LogP contribution in [0.4, 0.5) is 0 Å². The Morgan fingerprint density at radius 1 is 1.17 bits per heavy atom. The molecule has 0 radical (unpaired) electrons. The number of benzene rings is 1. The summed E-state index contributed by atoms with van der Waals surface area (Å²) >= 11 is 0. The Balaban J connectivity index is 1.53. The number of aromatic hydroxyl groups is 1. The van der Waals surface area contributed by atoms with Crippen molar-refractivity contribution in [3.63, 3.8) is 0 Å². The van der Waals surface area contributed by atoms with Crippen LogP contribution < -0.4 is 5.32 Å². The van der Waals surface area contributed by atoms with Crippen LogP contribution in [0.3, 0.4) is 0 Å². The summed E-state index contributed by atoms with van der Waals surface area (Å²) in [5, 5.41) is 13.6. The molecule has 1 aliphatic heterocycles. The third-order valence-corrected chi connectivity index (χ3v) is 8.67. The van der Waals surface area contributed by atoms with Gasteiger partial charge in [0.15, 0.2) is 0 Å². The number of nitrogens with one attached hydrogen (secondary N) is 1. The van der Waals surface area contributed by atoms with E-state index in [2.05, 4.69) is 37.1 Å². The highest BCUT2D eigenvalue weighted by molar-refractivity contribution is 5.80. The van der Waals surface area contributed by atoms with E-state index in [0.717, 1.165) is 50.6 Å². The van der Waals surface area contributed by atoms with Crippen LogP contribution in [-0.4, -0.2) is 40.4 Å². The fourth-order valence-electron chi connectivity index (χ4n) is 6.24. The zero-order valence-corrected chi connectivity index (χ0v) is 18.8. The average molecular weight is 413 g/mol. The predicted octanol–water partition coefficient (Wildman–Crippen LogP) is 3.92. The van der Waals surface area contributed by atoms with Gasteiger partial charge in [-0.1, -0.05) is 39.8 Å². The first kappa shape index (κ1) is 21.2. The molecule has 0 unspecified atom stereocenters. The van der Waals surface area contributed by atoms with Crippen molar-refractivity contribution in [2.75, 3.05) is 6.54 Å². The van der Waals surface area contributed by atoms with Crippen LogP contribution in [0.5, 0.6) is 5.75 Å². The Labute approximate surface area is 180 Å². The van der Waals surface area contributed by atoms with Crippen LogP contribution in [0.25, 0.3) is 0 Å². The molecule has 3 aliphatic rings. The molecular formula is C25H36N2O3. The number of amides is 2. The van der Waals surface area contributed by atoms with Crippen molar-refractivity contribution in [3.05, 3.63) is 29.3 Å². The van der Waals surface area contributed by atoms with Crippen LogP contribution >= 0.6 is 0 Å². The van der Waals surface area contributed by atoms with Crippen molar-refractivity contribution < 1.29 is 14.7 Å². The first-order chi connectivity index (χ1) is 14.2. The Kier molecular flexibility index (Phi) is 5.36. The van der Waals surface area contributed by atoms with Crippen LogP contribution in [0.1, 0.15) is 77.3 Å². The lowest BCUT2D eigenvalue weighted by Gasteiger charge is -2.61. The van der Waals surface area contributed by atoms with E-state index >= 15 is 0 Å². The van der Waals surface area contributed by atoms with Crippen molar-refractivity contribution in [2.45, 2.75) is 90.1 Å². The molecule has 1 aromatic carbocycles. The minimum atomic E-state index is -0.0615. The summed E-state index contributed by atoms with van der Waals surface area (Å²) in [7, 11) is 0. The SMILES string of the molecule is CCC(=O)N[C@H]1CC[C@@H](C(=O)N2CC[C@@]3(C)c4cccc(O)c4C[C@@H]2C3(C)C)CC1. The largest absolute Gasteiger partial charge is 0.508 e. The molecule has 2 amide bonds. The van der Waals surface area contributed by atoms with Gasteiger partial charge in [0.1, 0.15) is 5.75 Å². The minimum Gasteiger partial charge on any atom is -0.508 e. The zero-order chi connectivity index (χ0) is 21.7. The normalized spacial score (nSPS) is 32.3. The summed E-state index contributed by atoms with van der Waals surface area (Å²) in [6.45, 7) is 9.55. The zero-order valence-electron chi connectivity index (χ0n) is 18.8. The maximum absolute atomic E-state index is 13.6. The van der Waals surface area contributed by atoms with Crippen LogP contribution in [-0.2, 0) is 21.4 Å². The molecule has 2 N–H and O–H groups in total. The van der Waals surface area contributed by atoms with Gasteiger partial charge in [-0.05, 0) is 61.1 Å². The van der Waals surface area contributed by atoms with E-state index in [4.69, 9.17) is 0 Å². The van der Waals surface area contributed by atoms with Crippen LogP contribution in [0, 0.1) is 11.3 Å². The molecule has 1 aromatic rings. The minimum absolute atomic E-state index is 0.0469. The van der Waals surface area contributed by atoms with E-state index in [-0.39, 0.29) is 40.6 Å². The smallest absolute Gasteiger partial charge is 0.225 e. The molecule has 2 aliphatic carbocycles. The lowest BCUT2D eigenvalue weighted by molar-refractivity contribution is -0.149. The van der Waals surface area contributed by atoms with E-state index in [9.17, 15) is 14.7 Å². The van der Waals surface area contributed by atoms with Gasteiger partial charge in [0.2, 0.25) is 11.8 Å². The number of carbonyl (C=O) groups excluding carboxylic acids is 2. The molecule has 1 saturated carbocycles. The van der Waals surface area contributed by atoms with E-state index in [1.54, 1.807) is 6.07 Å². The van der Waals surface area contributed by atoms with Gasteiger partial charge in [0.25, 0.3) is 0 Å². The van der Waals surface area contributed by atoms with E-state index in [1.807, 2.05) is 13.0 Å². The third kappa shape index (κ3) is 3.21. The fourth-order valence-corrected chi connectivity index (χ4v) is 6.24. The predicted molar refractivity (Wildman–Crippen MR) is 117 cm³/mol. The topological polar surface area (TPSA) is 69.6 Å². The second-order valence-corrected chi connectivity index (χ2v) is 10.3. The molecule has 0 spiro atoms. The van der Waals surface area contributed by atoms with Crippen molar-refractivity contribution in [2.24, 2.45) is 11.3 Å². The molecule has 5 nitrogen and oxygen atoms in total. The Morgan fingerprint density at radius 3 is 2.53 bits per heavy atom. The molecular weight excluding hydrogens is 376 g/mol. The fraction of sp³-hybridized carbons (Fsp3) is 0.680. The third-order valence-electron chi connectivity index (χ3n) is 8.67. The number of fused-ring (bicyclic) bond motifs is 4. The van der Waals surface area contributed by atoms with Gasteiger partial charge in [0.05, 0.1) is 0 Å². The molecule has 4 rings (SSSR count). The number of hydrogen-bond acceptors (Lipinski definition) is 3. The lowest BCUT2D eigenvalue weighted by Crippen LogP contribution is -2.65. The molecule has 1 heterocycles. The Hall–Kier alpha value is -2.04. The molecule has 5 heteroatoms. The van der Waals surface area contributed by atoms with Gasteiger partial charge < -0.3 is 15.3 Å². The van der Waals surface area contributed by atoms with Crippen molar-refractivity contribution in [1.29, 1.82) is 0 Å². The molecule has 2 fully saturated rings. The van der Waals surface area contributed by atoms with Crippen molar-refractivity contribution in [1.82, 2.24) is 10.2 Å². The Bertz CT molecular complexity index is 841. The molecule has 2 bridgehead atoms.